The van der Waals surface area contributed by atoms with Crippen molar-refractivity contribution in [3.8, 4) is 0 Å². The smallest absolute Gasteiger partial charge is 0.347 e. The van der Waals surface area contributed by atoms with Crippen LogP contribution in [0.3, 0.4) is 0 Å². The van der Waals surface area contributed by atoms with Gasteiger partial charge in [-0.1, -0.05) is 13.0 Å². The highest BCUT2D eigenvalue weighted by molar-refractivity contribution is 7.13. The number of nitrogens with one attached hydrogen (secondary N) is 2. The average Bonchev–Trinajstić information content (AvgIpc) is 2.97. The number of anilines is 1. The summed E-state index contributed by atoms with van der Waals surface area (Å²) >= 11 is 1.05. The molecule has 0 aliphatic rings. The van der Waals surface area contributed by atoms with Crippen LogP contribution in [0.15, 0.2) is 24.3 Å². The van der Waals surface area contributed by atoms with Crippen LogP contribution in [-0.2, 0) is 4.79 Å². The van der Waals surface area contributed by atoms with Gasteiger partial charge in [-0.2, -0.15) is 0 Å². The summed E-state index contributed by atoms with van der Waals surface area (Å²) in [6.45, 7) is 5.11. The number of aryl methyl sites for hydroxylation is 1. The maximum Gasteiger partial charge on any atom is 0.347 e. The second kappa shape index (κ2) is 7.89. The fourth-order valence-corrected chi connectivity index (χ4v) is 3.04. The number of aromatic carboxylic acids is 1. The highest BCUT2D eigenvalue weighted by Gasteiger charge is 2.19. The molecular formula is C17H19N3O4S. The molecule has 1 unspecified atom stereocenters. The molecule has 0 spiro atoms. The lowest BCUT2D eigenvalue weighted by molar-refractivity contribution is -0.115. The van der Waals surface area contributed by atoms with E-state index < -0.39 is 12.0 Å². The van der Waals surface area contributed by atoms with Crippen molar-refractivity contribution in [1.82, 2.24) is 10.3 Å². The highest BCUT2D eigenvalue weighted by atomic mass is 32.1. The average molecular weight is 361 g/mol. The number of amides is 2. The summed E-state index contributed by atoms with van der Waals surface area (Å²) in [7, 11) is 0. The van der Waals surface area contributed by atoms with Gasteiger partial charge in [-0.3, -0.25) is 9.59 Å². The second-order valence-corrected chi connectivity index (χ2v) is 6.48. The van der Waals surface area contributed by atoms with E-state index in [-0.39, 0.29) is 16.7 Å². The lowest BCUT2D eigenvalue weighted by Gasteiger charge is -2.12. The van der Waals surface area contributed by atoms with Crippen molar-refractivity contribution in [2.45, 2.75) is 33.2 Å². The van der Waals surface area contributed by atoms with Gasteiger partial charge in [0.15, 0.2) is 0 Å². The van der Waals surface area contributed by atoms with Crippen LogP contribution in [0.5, 0.6) is 0 Å². The van der Waals surface area contributed by atoms with Crippen molar-refractivity contribution in [2.24, 2.45) is 0 Å². The fourth-order valence-electron chi connectivity index (χ4n) is 2.13. The SMILES string of the molecule is CCC(=O)Nc1cccc(C(=O)NC(C)c2nc(C)c(C(=O)O)s2)c1. The maximum atomic E-state index is 12.4. The molecule has 0 radical (unpaired) electrons. The van der Waals surface area contributed by atoms with E-state index in [2.05, 4.69) is 15.6 Å². The lowest BCUT2D eigenvalue weighted by Crippen LogP contribution is -2.26. The third kappa shape index (κ3) is 4.63. The monoisotopic (exact) mass is 361 g/mol. The van der Waals surface area contributed by atoms with Gasteiger partial charge in [0.05, 0.1) is 11.7 Å². The van der Waals surface area contributed by atoms with E-state index in [4.69, 9.17) is 5.11 Å². The molecule has 0 aliphatic heterocycles. The Kier molecular flexibility index (Phi) is 5.87. The summed E-state index contributed by atoms with van der Waals surface area (Å²) in [4.78, 5) is 39.3. The number of thiazole rings is 1. The number of rotatable bonds is 6. The zero-order valence-corrected chi connectivity index (χ0v) is 14.9. The van der Waals surface area contributed by atoms with Crippen molar-refractivity contribution in [1.29, 1.82) is 0 Å². The standard InChI is InChI=1S/C17H19N3O4S/c1-4-13(21)20-12-7-5-6-11(8-12)15(22)18-10(3)16-19-9(2)14(25-16)17(23)24/h5-8,10H,4H2,1-3H3,(H,18,22)(H,20,21)(H,23,24). The summed E-state index contributed by atoms with van der Waals surface area (Å²) in [5, 5.41) is 15.1. The normalized spacial score (nSPS) is 11.6. The summed E-state index contributed by atoms with van der Waals surface area (Å²) < 4.78 is 0. The molecule has 0 saturated carbocycles. The summed E-state index contributed by atoms with van der Waals surface area (Å²) in [5.41, 5.74) is 1.37. The van der Waals surface area contributed by atoms with Crippen LogP contribution in [0.25, 0.3) is 0 Å². The molecule has 0 saturated heterocycles. The molecule has 2 aromatic rings. The first kappa shape index (κ1) is 18.6. The number of hydrogen-bond acceptors (Lipinski definition) is 5. The van der Waals surface area contributed by atoms with Gasteiger partial charge in [0, 0.05) is 17.7 Å². The van der Waals surface area contributed by atoms with Gasteiger partial charge in [0.2, 0.25) is 5.91 Å². The van der Waals surface area contributed by atoms with E-state index in [9.17, 15) is 14.4 Å². The molecule has 2 rings (SSSR count). The molecule has 7 nitrogen and oxygen atoms in total. The Balaban J connectivity index is 2.11. The van der Waals surface area contributed by atoms with Gasteiger partial charge < -0.3 is 15.7 Å². The number of carboxylic acid groups (broad SMARTS) is 1. The molecule has 8 heteroatoms. The first-order valence-corrected chi connectivity index (χ1v) is 8.54. The first-order valence-electron chi connectivity index (χ1n) is 7.73. The molecule has 1 aromatic carbocycles. The quantitative estimate of drug-likeness (QED) is 0.733. The van der Waals surface area contributed by atoms with E-state index in [1.165, 1.54) is 0 Å². The first-order chi connectivity index (χ1) is 11.8. The third-order valence-corrected chi connectivity index (χ3v) is 4.78. The maximum absolute atomic E-state index is 12.4. The van der Waals surface area contributed by atoms with E-state index in [0.29, 0.717) is 28.4 Å². The molecule has 1 atom stereocenters. The topological polar surface area (TPSA) is 108 Å². The predicted molar refractivity (Wildman–Crippen MR) is 95.1 cm³/mol. The molecule has 0 aliphatic carbocycles. The van der Waals surface area contributed by atoms with Gasteiger partial charge >= 0.3 is 5.97 Å². The van der Waals surface area contributed by atoms with E-state index >= 15 is 0 Å². The number of hydrogen-bond donors (Lipinski definition) is 3. The van der Waals surface area contributed by atoms with Crippen LogP contribution < -0.4 is 10.6 Å². The van der Waals surface area contributed by atoms with Crippen LogP contribution >= 0.6 is 11.3 Å². The number of carbonyl (C=O) groups excluding carboxylic acids is 2. The van der Waals surface area contributed by atoms with E-state index in [1.54, 1.807) is 45.0 Å². The Labute approximate surface area is 149 Å². The van der Waals surface area contributed by atoms with Gasteiger partial charge in [-0.05, 0) is 32.0 Å². The predicted octanol–water partition coefficient (Wildman–Crippen LogP) is 2.99. The van der Waals surface area contributed by atoms with Gasteiger partial charge in [-0.15, -0.1) is 11.3 Å². The Morgan fingerprint density at radius 1 is 1.32 bits per heavy atom. The van der Waals surface area contributed by atoms with Crippen LogP contribution in [0.1, 0.15) is 57.0 Å². The molecule has 1 aromatic heterocycles. The third-order valence-electron chi connectivity index (χ3n) is 3.46. The molecule has 132 valence electrons. The van der Waals surface area contributed by atoms with Crippen molar-refractivity contribution in [2.75, 3.05) is 5.32 Å². The number of nitrogens with zero attached hydrogens (tertiary/aromatic N) is 1. The van der Waals surface area contributed by atoms with Gasteiger partial charge in [0.25, 0.3) is 5.91 Å². The molecule has 3 N–H and O–H groups in total. The highest BCUT2D eigenvalue weighted by Crippen LogP contribution is 2.24. The van der Waals surface area contributed by atoms with Gasteiger partial charge in [0.1, 0.15) is 9.88 Å². The molecule has 1 heterocycles. The molecule has 25 heavy (non-hydrogen) atoms. The summed E-state index contributed by atoms with van der Waals surface area (Å²) in [6.07, 6.45) is 0.350. The summed E-state index contributed by atoms with van der Waals surface area (Å²) in [6, 6.07) is 6.18. The van der Waals surface area contributed by atoms with Crippen LogP contribution in [0.2, 0.25) is 0 Å². The minimum atomic E-state index is -1.03. The number of benzene rings is 1. The Bertz CT molecular complexity index is 816. The van der Waals surface area contributed by atoms with Crippen LogP contribution in [0.4, 0.5) is 5.69 Å². The van der Waals surface area contributed by atoms with Crippen molar-refractivity contribution in [3.05, 3.63) is 45.4 Å². The fraction of sp³-hybridized carbons (Fsp3) is 0.294. The molecular weight excluding hydrogens is 342 g/mol. The minimum Gasteiger partial charge on any atom is -0.477 e. The van der Waals surface area contributed by atoms with Crippen molar-refractivity contribution in [3.63, 3.8) is 0 Å². The Hall–Kier alpha value is -2.74. The summed E-state index contributed by atoms with van der Waals surface area (Å²) in [5.74, 6) is -1.49. The molecule has 0 fully saturated rings. The second-order valence-electron chi connectivity index (χ2n) is 5.45. The van der Waals surface area contributed by atoms with Crippen LogP contribution in [0, 0.1) is 6.92 Å². The van der Waals surface area contributed by atoms with Crippen LogP contribution in [-0.4, -0.2) is 27.9 Å². The number of carbonyl (C=O) groups is 3. The Morgan fingerprint density at radius 2 is 2.04 bits per heavy atom. The molecule has 2 amide bonds. The number of aromatic nitrogens is 1. The van der Waals surface area contributed by atoms with Gasteiger partial charge in [-0.25, -0.2) is 9.78 Å². The lowest BCUT2D eigenvalue weighted by atomic mass is 10.1. The largest absolute Gasteiger partial charge is 0.477 e. The number of carboxylic acids is 1. The van der Waals surface area contributed by atoms with E-state index in [0.717, 1.165) is 11.3 Å². The van der Waals surface area contributed by atoms with Crippen molar-refractivity contribution < 1.29 is 19.5 Å². The zero-order valence-electron chi connectivity index (χ0n) is 14.1. The zero-order chi connectivity index (χ0) is 18.6. The minimum absolute atomic E-state index is 0.134. The molecule has 0 bridgehead atoms. The van der Waals surface area contributed by atoms with Crippen molar-refractivity contribution >= 4 is 34.8 Å². The van der Waals surface area contributed by atoms with E-state index in [1.807, 2.05) is 0 Å². The Morgan fingerprint density at radius 3 is 2.64 bits per heavy atom.